The fraction of sp³-hybridized carbons (Fsp3) is 0.678. The minimum atomic E-state index is -1.96. The van der Waals surface area contributed by atoms with E-state index in [0.717, 1.165) is 0 Å². The zero-order valence-electron chi connectivity index (χ0n) is 53.8. The number of unbranched alkanes of at least 4 members (excludes halogenated alkanes) is 1. The molecule has 0 radical (unpaired) electrons. The molecule has 0 aromatic heterocycles. The maximum Gasteiger partial charge on any atom is 0.326 e. The van der Waals surface area contributed by atoms with Crippen molar-refractivity contribution in [3.8, 4) is 5.75 Å². The first-order valence-electron chi connectivity index (χ1n) is 30.6. The summed E-state index contributed by atoms with van der Waals surface area (Å²) in [5.74, 6) is -14.7. The molecule has 0 saturated carbocycles. The number of phenols is 1. The van der Waals surface area contributed by atoms with Gasteiger partial charge in [-0.15, -0.1) is 0 Å². The summed E-state index contributed by atoms with van der Waals surface area (Å²) in [4.78, 5) is 175. The number of aliphatic hydroxyl groups is 1. The van der Waals surface area contributed by atoms with Gasteiger partial charge in [-0.1, -0.05) is 86.8 Å². The first-order chi connectivity index (χ1) is 43.3. The number of carboxylic acids is 2. The number of carbonyl (C=O) groups is 13. The number of amides is 11. The van der Waals surface area contributed by atoms with Crippen molar-refractivity contribution in [3.63, 3.8) is 0 Å². The van der Waals surface area contributed by atoms with Crippen LogP contribution in [0.3, 0.4) is 0 Å². The van der Waals surface area contributed by atoms with E-state index in [1.807, 2.05) is 0 Å². The predicted molar refractivity (Wildman–Crippen MR) is 351 cm³/mol. The van der Waals surface area contributed by atoms with Gasteiger partial charge in [-0.3, -0.25) is 57.5 Å². The Kier molecular flexibility index (Phi) is 39.6. The van der Waals surface area contributed by atoms with E-state index in [1.54, 1.807) is 61.6 Å². The van der Waals surface area contributed by atoms with Crippen LogP contribution >= 0.6 is 37.0 Å². The van der Waals surface area contributed by atoms with Crippen molar-refractivity contribution in [2.75, 3.05) is 43.2 Å². The Morgan fingerprint density at radius 3 is 1.46 bits per heavy atom. The van der Waals surface area contributed by atoms with E-state index in [4.69, 9.17) is 11.5 Å². The second-order valence-electron chi connectivity index (χ2n) is 23.3. The summed E-state index contributed by atoms with van der Waals surface area (Å²) < 4.78 is 0. The molecule has 92 heavy (non-hydrogen) atoms. The van der Waals surface area contributed by atoms with Crippen molar-refractivity contribution in [3.05, 3.63) is 29.8 Å². The molecule has 0 aliphatic carbocycles. The number of aliphatic carboxylic acids is 2. The summed E-state index contributed by atoms with van der Waals surface area (Å²) in [6.45, 7) is 12.2. The second kappa shape index (κ2) is 43.8. The number of thiol groups is 2. The van der Waals surface area contributed by atoms with Crippen LogP contribution in [-0.2, 0) is 68.7 Å². The van der Waals surface area contributed by atoms with Gasteiger partial charge in [-0.25, -0.2) is 4.79 Å². The highest BCUT2D eigenvalue weighted by Gasteiger charge is 2.37. The molecular weight excluding hydrogens is 1260 g/mol. The van der Waals surface area contributed by atoms with Crippen LogP contribution in [-0.4, -0.2) is 207 Å². The lowest BCUT2D eigenvalue weighted by atomic mass is 9.97. The number of phenolic OH excluding ortho intramolecular Hbond substituents is 1. The van der Waals surface area contributed by atoms with E-state index in [0.29, 0.717) is 50.0 Å². The molecule has 0 saturated heterocycles. The van der Waals surface area contributed by atoms with Gasteiger partial charge in [-0.2, -0.15) is 37.0 Å². The Morgan fingerprint density at radius 1 is 0.522 bits per heavy atom. The van der Waals surface area contributed by atoms with Gasteiger partial charge in [0, 0.05) is 17.9 Å². The largest absolute Gasteiger partial charge is 0.508 e. The van der Waals surface area contributed by atoms with Crippen LogP contribution in [0, 0.1) is 23.7 Å². The number of benzene rings is 1. The molecule has 0 aliphatic rings. The van der Waals surface area contributed by atoms with Gasteiger partial charge in [0.25, 0.3) is 0 Å². The lowest BCUT2D eigenvalue weighted by molar-refractivity contribution is -0.144. The van der Waals surface area contributed by atoms with E-state index in [9.17, 15) is 82.8 Å². The molecule has 1 aromatic carbocycles. The predicted octanol–water partition coefficient (Wildman–Crippen LogP) is -2.30. The summed E-state index contributed by atoms with van der Waals surface area (Å²) in [5, 5.41) is 67.2. The molecule has 13 atom stereocenters. The average Bonchev–Trinajstić information content (AvgIpc) is 0.985. The number of hydrogen-bond acceptors (Lipinski definition) is 20. The molecule has 0 spiro atoms. The van der Waals surface area contributed by atoms with Gasteiger partial charge in [0.05, 0.1) is 25.6 Å². The van der Waals surface area contributed by atoms with E-state index in [1.165, 1.54) is 36.0 Å². The summed E-state index contributed by atoms with van der Waals surface area (Å²) in [5.41, 5.74) is 11.9. The van der Waals surface area contributed by atoms with Crippen LogP contribution in [0.15, 0.2) is 24.3 Å². The van der Waals surface area contributed by atoms with Crippen molar-refractivity contribution in [2.24, 2.45) is 35.1 Å². The van der Waals surface area contributed by atoms with E-state index < -0.39 is 175 Å². The van der Waals surface area contributed by atoms with Crippen molar-refractivity contribution in [1.82, 2.24) is 58.5 Å². The highest BCUT2D eigenvalue weighted by molar-refractivity contribution is 7.98. The van der Waals surface area contributed by atoms with Crippen LogP contribution in [0.5, 0.6) is 5.75 Å². The average molecular weight is 1360 g/mol. The minimum Gasteiger partial charge on any atom is -0.508 e. The lowest BCUT2D eigenvalue weighted by Gasteiger charge is -2.28. The number of thioether (sulfide) groups is 1. The van der Waals surface area contributed by atoms with Crippen LogP contribution in [0.4, 0.5) is 0 Å². The molecule has 11 amide bonds. The minimum absolute atomic E-state index is 0.00254. The fourth-order valence-electron chi connectivity index (χ4n) is 8.92. The maximum atomic E-state index is 14.2. The zero-order chi connectivity index (χ0) is 69.9. The van der Waals surface area contributed by atoms with Gasteiger partial charge < -0.3 is 90.4 Å². The number of nitrogens with two attached hydrogens (primary N) is 2. The Bertz CT molecular complexity index is 2610. The molecule has 0 fully saturated rings. The second-order valence-corrected chi connectivity index (χ2v) is 25.0. The highest BCUT2D eigenvalue weighted by atomic mass is 32.2. The van der Waals surface area contributed by atoms with E-state index >= 15 is 0 Å². The molecule has 0 unspecified atom stereocenters. The number of rotatable bonds is 45. The van der Waals surface area contributed by atoms with Crippen molar-refractivity contribution >= 4 is 114 Å². The fourth-order valence-corrected chi connectivity index (χ4v) is 9.91. The van der Waals surface area contributed by atoms with Gasteiger partial charge in [0.15, 0.2) is 0 Å². The Morgan fingerprint density at radius 2 is 0.957 bits per heavy atom. The van der Waals surface area contributed by atoms with Crippen LogP contribution in [0.25, 0.3) is 0 Å². The first-order valence-corrected chi connectivity index (χ1v) is 33.3. The van der Waals surface area contributed by atoms with Crippen LogP contribution in [0.1, 0.15) is 119 Å². The summed E-state index contributed by atoms with van der Waals surface area (Å²) in [6.07, 6.45) is 2.57. The number of aliphatic hydroxyl groups excluding tert-OH is 1. The SMILES string of the molecule is CC[C@H](C)[C@H](NC(=O)[C@H](CS)NC(=O)[C@@H](NC(=O)CNC(=O)[C@H](CC(C)C)NC(=O)[C@H](CC(C)C)NC(=O)[C@H](CC(=O)O)NC(=O)[C@H](CO)NC(=O)[C@H](Cc1ccc(O)cc1)NC(=O)[C@H](CCSC)NC(=O)[C@H](CS)NC(=O)[C@@H](N)CCCCN)[C@@H](C)CC)C(=O)O. The highest BCUT2D eigenvalue weighted by Crippen LogP contribution is 2.16. The molecule has 0 aliphatic heterocycles. The molecule has 33 heteroatoms. The number of nitrogens with one attached hydrogen (secondary N) is 11. The van der Waals surface area contributed by atoms with Crippen molar-refractivity contribution < 1.29 is 82.8 Å². The summed E-state index contributed by atoms with van der Waals surface area (Å²) in [7, 11) is 0. The van der Waals surface area contributed by atoms with E-state index in [2.05, 4.69) is 83.7 Å². The van der Waals surface area contributed by atoms with E-state index in [-0.39, 0.29) is 54.8 Å². The standard InChI is InChI=1S/C59H99N13O17S3/c1-10-32(7)47(58(87)70-44(29-91)57(86)72-48(59(88)89)33(8)11-2)71-45(75)26-62-50(79)38(22-30(3)4)64-52(81)39(23-31(5)6)65-54(83)41(25-46(76)77)67-55(84)42(27-73)68-53(82)40(24-34-15-17-35(74)18-16-34)66-51(80)37(19-21-92-9)63-56(85)43(28-90)69-49(78)36(61)14-12-13-20-60/h15-18,30-33,36-44,47-48,73-74,90-91H,10-14,19-29,60-61H2,1-9H3,(H,62,79)(H,63,85)(H,64,81)(H,65,83)(H,66,80)(H,67,84)(H,68,82)(H,69,78)(H,70,87)(H,71,75)(H,72,86)(H,76,77)(H,88,89)/t32-,33-,36-,37-,38-,39-,40-,41-,42-,43-,44-,47-,48-/m0/s1. The quantitative estimate of drug-likeness (QED) is 0.0241. The normalized spacial score (nSPS) is 15.5. The van der Waals surface area contributed by atoms with Crippen LogP contribution < -0.4 is 70.0 Å². The third kappa shape index (κ3) is 30.7. The molecule has 1 aromatic rings. The summed E-state index contributed by atoms with van der Waals surface area (Å²) in [6, 6.07) is -10.1. The van der Waals surface area contributed by atoms with Gasteiger partial charge >= 0.3 is 11.9 Å². The van der Waals surface area contributed by atoms with Crippen molar-refractivity contribution in [2.45, 2.75) is 186 Å². The third-order valence-electron chi connectivity index (χ3n) is 14.7. The molecular formula is C59H99N13O17S3. The smallest absolute Gasteiger partial charge is 0.326 e. The Hall–Kier alpha value is -6.94. The maximum absolute atomic E-state index is 14.2. The Labute approximate surface area is 552 Å². The molecule has 19 N–H and O–H groups in total. The molecule has 520 valence electrons. The first kappa shape index (κ1) is 83.1. The molecule has 1 rings (SSSR count). The molecule has 30 nitrogen and oxygen atoms in total. The molecule has 0 heterocycles. The number of carbonyl (C=O) groups excluding carboxylic acids is 11. The summed E-state index contributed by atoms with van der Waals surface area (Å²) >= 11 is 9.72. The van der Waals surface area contributed by atoms with Crippen LogP contribution in [0.2, 0.25) is 0 Å². The topological polar surface area (TPSA) is 487 Å². The van der Waals surface area contributed by atoms with Crippen molar-refractivity contribution in [1.29, 1.82) is 0 Å². The Balaban J connectivity index is 3.41. The third-order valence-corrected chi connectivity index (χ3v) is 16.1. The number of carboxylic acid groups (broad SMARTS) is 2. The number of aromatic hydroxyl groups is 1. The van der Waals surface area contributed by atoms with Gasteiger partial charge in [0.2, 0.25) is 65.0 Å². The zero-order valence-corrected chi connectivity index (χ0v) is 56.4. The lowest BCUT2D eigenvalue weighted by Crippen LogP contribution is -2.61. The van der Waals surface area contributed by atoms with Gasteiger partial charge in [0.1, 0.15) is 66.2 Å². The van der Waals surface area contributed by atoms with Gasteiger partial charge in [-0.05, 0) is 92.0 Å². The molecule has 0 bridgehead atoms. The number of hydrogen-bond donors (Lipinski definition) is 19. The monoisotopic (exact) mass is 1360 g/mol.